The molecule has 2 aromatic carbocycles. The summed E-state index contributed by atoms with van der Waals surface area (Å²) in [5.74, 6) is 0.0164. The van der Waals surface area contributed by atoms with Gasteiger partial charge in [0, 0.05) is 66.9 Å². The van der Waals surface area contributed by atoms with Gasteiger partial charge in [-0.15, -0.1) is 0 Å². The Morgan fingerprint density at radius 2 is 1.69 bits per heavy atom. The lowest BCUT2D eigenvalue weighted by Crippen LogP contribution is -2.47. The highest BCUT2D eigenvalue weighted by Crippen LogP contribution is 2.31. The van der Waals surface area contributed by atoms with Crippen molar-refractivity contribution in [1.82, 2.24) is 24.8 Å². The Labute approximate surface area is 204 Å². The zero-order valence-corrected chi connectivity index (χ0v) is 20.4. The quantitative estimate of drug-likeness (QED) is 0.436. The van der Waals surface area contributed by atoms with Crippen LogP contribution in [0.1, 0.15) is 10.4 Å². The summed E-state index contributed by atoms with van der Waals surface area (Å²) >= 11 is 0. The van der Waals surface area contributed by atoms with Crippen molar-refractivity contribution in [2.45, 2.75) is 4.90 Å². The third-order valence-electron chi connectivity index (χ3n) is 6.28. The van der Waals surface area contributed by atoms with Gasteiger partial charge in [-0.3, -0.25) is 9.78 Å². The van der Waals surface area contributed by atoms with E-state index < -0.39 is 9.84 Å². The summed E-state index contributed by atoms with van der Waals surface area (Å²) in [6.07, 6.45) is 5.65. The number of likely N-dealkylation sites (N-methyl/N-ethyl adjacent to an activating group) is 1. The monoisotopic (exact) mass is 487 g/mol. The molecule has 178 valence electrons. The maximum Gasteiger partial charge on any atom is 0.253 e. The van der Waals surface area contributed by atoms with Crippen LogP contribution in [0.5, 0.6) is 0 Å². The Morgan fingerprint density at radius 3 is 2.46 bits per heavy atom. The molecular formula is C26H25N5O3S. The van der Waals surface area contributed by atoms with Crippen molar-refractivity contribution < 1.29 is 13.2 Å². The summed E-state index contributed by atoms with van der Waals surface area (Å²) in [5.41, 5.74) is 4.39. The van der Waals surface area contributed by atoms with Crippen molar-refractivity contribution >= 4 is 26.6 Å². The number of hydrogen-bond acceptors (Lipinski definition) is 7. The van der Waals surface area contributed by atoms with Crippen LogP contribution in [0.15, 0.2) is 72.1 Å². The van der Waals surface area contributed by atoms with Gasteiger partial charge >= 0.3 is 0 Å². The Kier molecular flexibility index (Phi) is 6.04. The number of carbonyl (C=O) groups is 1. The molecule has 5 rings (SSSR count). The second kappa shape index (κ2) is 9.16. The van der Waals surface area contributed by atoms with Crippen molar-refractivity contribution in [2.75, 3.05) is 39.5 Å². The van der Waals surface area contributed by atoms with Crippen LogP contribution in [-0.4, -0.2) is 78.6 Å². The van der Waals surface area contributed by atoms with Crippen molar-refractivity contribution in [3.05, 3.63) is 72.8 Å². The van der Waals surface area contributed by atoms with Crippen LogP contribution in [0.2, 0.25) is 0 Å². The van der Waals surface area contributed by atoms with E-state index in [1.165, 1.54) is 12.5 Å². The normalized spacial score (nSPS) is 14.9. The Balaban J connectivity index is 1.54. The molecule has 35 heavy (non-hydrogen) atoms. The highest BCUT2D eigenvalue weighted by atomic mass is 32.2. The smallest absolute Gasteiger partial charge is 0.253 e. The third-order valence-corrected chi connectivity index (χ3v) is 7.36. The fraction of sp³-hybridized carbons (Fsp3) is 0.231. The molecule has 0 N–H and O–H groups in total. The third kappa shape index (κ3) is 4.78. The van der Waals surface area contributed by atoms with E-state index in [-0.39, 0.29) is 10.8 Å². The molecule has 3 heterocycles. The van der Waals surface area contributed by atoms with E-state index in [2.05, 4.69) is 26.9 Å². The van der Waals surface area contributed by atoms with Crippen LogP contribution in [-0.2, 0) is 9.84 Å². The summed E-state index contributed by atoms with van der Waals surface area (Å²) in [6.45, 7) is 3.14. The van der Waals surface area contributed by atoms with Gasteiger partial charge in [-0.1, -0.05) is 18.2 Å². The van der Waals surface area contributed by atoms with Crippen molar-refractivity contribution in [3.63, 3.8) is 0 Å². The number of hydrogen-bond donors (Lipinski definition) is 0. The van der Waals surface area contributed by atoms with Crippen LogP contribution in [0.3, 0.4) is 0 Å². The highest BCUT2D eigenvalue weighted by Gasteiger charge is 2.21. The SMILES string of the molecule is CN1CCN(C(=O)c2cccc(-c3ncnc4ccc(-c5cncc(S(C)(=O)=O)c5)cc34)c2)CC1. The number of sulfone groups is 1. The first kappa shape index (κ1) is 23.1. The maximum atomic E-state index is 13.1. The van der Waals surface area contributed by atoms with E-state index in [4.69, 9.17) is 0 Å². The van der Waals surface area contributed by atoms with Gasteiger partial charge in [0.2, 0.25) is 0 Å². The first-order valence-electron chi connectivity index (χ1n) is 11.3. The van der Waals surface area contributed by atoms with Crippen LogP contribution in [0, 0.1) is 0 Å². The molecule has 0 atom stereocenters. The minimum atomic E-state index is -3.38. The summed E-state index contributed by atoms with van der Waals surface area (Å²) in [4.78, 5) is 30.4. The van der Waals surface area contributed by atoms with Crippen LogP contribution in [0.25, 0.3) is 33.3 Å². The lowest BCUT2D eigenvalue weighted by molar-refractivity contribution is 0.0664. The topological polar surface area (TPSA) is 96.4 Å². The molecule has 8 nitrogen and oxygen atoms in total. The molecule has 0 radical (unpaired) electrons. The summed E-state index contributed by atoms with van der Waals surface area (Å²) in [7, 11) is -1.32. The second-order valence-electron chi connectivity index (χ2n) is 8.81. The fourth-order valence-electron chi connectivity index (χ4n) is 4.24. The van der Waals surface area contributed by atoms with Gasteiger partial charge in [-0.2, -0.15) is 0 Å². The van der Waals surface area contributed by atoms with Gasteiger partial charge in [-0.25, -0.2) is 18.4 Å². The number of fused-ring (bicyclic) bond motifs is 1. The molecule has 4 aromatic rings. The molecule has 1 saturated heterocycles. The van der Waals surface area contributed by atoms with Crippen molar-refractivity contribution in [2.24, 2.45) is 0 Å². The van der Waals surface area contributed by atoms with Gasteiger partial charge in [0.1, 0.15) is 6.33 Å². The molecular weight excluding hydrogens is 462 g/mol. The molecule has 9 heteroatoms. The molecule has 1 aliphatic rings. The zero-order chi connectivity index (χ0) is 24.6. The van der Waals surface area contributed by atoms with Gasteiger partial charge in [0.15, 0.2) is 9.84 Å². The van der Waals surface area contributed by atoms with Crippen molar-refractivity contribution in [3.8, 4) is 22.4 Å². The lowest BCUT2D eigenvalue weighted by Gasteiger charge is -2.32. The number of amides is 1. The number of carbonyl (C=O) groups excluding carboxylic acids is 1. The summed E-state index contributed by atoms with van der Waals surface area (Å²) in [6, 6.07) is 14.8. The number of benzene rings is 2. The largest absolute Gasteiger partial charge is 0.336 e. The molecule has 1 amide bonds. The average molecular weight is 488 g/mol. The number of piperazine rings is 1. The molecule has 0 saturated carbocycles. The minimum Gasteiger partial charge on any atom is -0.336 e. The molecule has 0 bridgehead atoms. The van der Waals surface area contributed by atoms with Gasteiger partial charge in [0.05, 0.1) is 16.1 Å². The minimum absolute atomic E-state index is 0.0164. The van der Waals surface area contributed by atoms with Gasteiger partial charge in [0.25, 0.3) is 5.91 Å². The highest BCUT2D eigenvalue weighted by molar-refractivity contribution is 7.90. The predicted octanol–water partition coefficient (Wildman–Crippen LogP) is 3.15. The van der Waals surface area contributed by atoms with E-state index in [0.29, 0.717) is 29.9 Å². The van der Waals surface area contributed by atoms with Crippen LogP contribution in [0.4, 0.5) is 0 Å². The zero-order valence-electron chi connectivity index (χ0n) is 19.5. The first-order chi connectivity index (χ1) is 16.8. The Morgan fingerprint density at radius 1 is 0.886 bits per heavy atom. The molecule has 0 spiro atoms. The molecule has 2 aromatic heterocycles. The van der Waals surface area contributed by atoms with E-state index >= 15 is 0 Å². The van der Waals surface area contributed by atoms with Gasteiger partial charge < -0.3 is 9.80 Å². The standard InChI is InChI=1S/C26H25N5O3S/c1-30-8-10-31(11-9-30)26(32)20-5-3-4-19(12-20)25-23-14-18(6-7-24(23)28-17-29-25)21-13-22(16-27-15-21)35(2,33)34/h3-7,12-17H,8-11H2,1-2H3. The number of aromatic nitrogens is 3. The molecule has 1 fully saturated rings. The fourth-order valence-corrected chi connectivity index (χ4v) is 4.83. The Hall–Kier alpha value is -3.69. The molecule has 1 aliphatic heterocycles. The van der Waals surface area contributed by atoms with Crippen LogP contribution >= 0.6 is 0 Å². The number of pyridine rings is 1. The summed E-state index contributed by atoms with van der Waals surface area (Å²) in [5, 5.41) is 0.805. The molecule has 0 aliphatic carbocycles. The van der Waals surface area contributed by atoms with Crippen LogP contribution < -0.4 is 0 Å². The maximum absolute atomic E-state index is 13.1. The lowest BCUT2D eigenvalue weighted by atomic mass is 10.00. The van der Waals surface area contributed by atoms with E-state index in [0.717, 1.165) is 41.4 Å². The number of nitrogens with zero attached hydrogens (tertiary/aromatic N) is 5. The van der Waals surface area contributed by atoms with Crippen molar-refractivity contribution in [1.29, 1.82) is 0 Å². The summed E-state index contributed by atoms with van der Waals surface area (Å²) < 4.78 is 24.0. The van der Waals surface area contributed by atoms with E-state index in [1.54, 1.807) is 12.3 Å². The first-order valence-corrected chi connectivity index (χ1v) is 13.2. The Bertz CT molecular complexity index is 1530. The molecule has 0 unspecified atom stereocenters. The predicted molar refractivity (Wildman–Crippen MR) is 135 cm³/mol. The number of rotatable bonds is 4. The van der Waals surface area contributed by atoms with Gasteiger partial charge in [-0.05, 0) is 42.9 Å². The average Bonchev–Trinajstić information content (AvgIpc) is 2.88. The second-order valence-corrected chi connectivity index (χ2v) is 10.8. The van der Waals surface area contributed by atoms with E-state index in [1.807, 2.05) is 47.4 Å². The van der Waals surface area contributed by atoms with E-state index in [9.17, 15) is 13.2 Å².